The standard InChI is InChI=1S/C17H20ClN3O2/c1-11(2)23-15-8-7-12(10-14(15)18)20-17(22)13-6-5-9-19-16(13)21(3)4/h5-11H,1-4H3,(H,20,22). The lowest BCUT2D eigenvalue weighted by Gasteiger charge is -2.16. The van der Waals surface area contributed by atoms with Crippen molar-refractivity contribution < 1.29 is 9.53 Å². The number of aromatic nitrogens is 1. The van der Waals surface area contributed by atoms with Gasteiger partial charge in [0.15, 0.2) is 0 Å². The summed E-state index contributed by atoms with van der Waals surface area (Å²) in [5.41, 5.74) is 1.10. The predicted molar refractivity (Wildman–Crippen MR) is 93.7 cm³/mol. The van der Waals surface area contributed by atoms with Crippen molar-refractivity contribution in [2.24, 2.45) is 0 Å². The fourth-order valence-electron chi connectivity index (χ4n) is 2.06. The van der Waals surface area contributed by atoms with Crippen molar-refractivity contribution >= 4 is 29.0 Å². The van der Waals surface area contributed by atoms with Crippen LogP contribution in [-0.2, 0) is 0 Å². The summed E-state index contributed by atoms with van der Waals surface area (Å²) < 4.78 is 5.58. The molecule has 23 heavy (non-hydrogen) atoms. The van der Waals surface area contributed by atoms with Gasteiger partial charge in [-0.15, -0.1) is 0 Å². The molecule has 0 spiro atoms. The summed E-state index contributed by atoms with van der Waals surface area (Å²) >= 11 is 6.19. The molecule has 1 aromatic carbocycles. The normalized spacial score (nSPS) is 10.5. The molecular formula is C17H20ClN3O2. The van der Waals surface area contributed by atoms with Crippen LogP contribution >= 0.6 is 11.6 Å². The molecule has 2 rings (SSSR count). The number of carbonyl (C=O) groups excluding carboxylic acids is 1. The molecule has 0 saturated heterocycles. The molecule has 1 aromatic heterocycles. The average molecular weight is 334 g/mol. The maximum Gasteiger partial charge on any atom is 0.259 e. The fraction of sp³-hybridized carbons (Fsp3) is 0.294. The number of rotatable bonds is 5. The number of ether oxygens (including phenoxy) is 1. The quantitative estimate of drug-likeness (QED) is 0.903. The molecule has 0 radical (unpaired) electrons. The first kappa shape index (κ1) is 17.1. The van der Waals surface area contributed by atoms with Crippen LogP contribution in [0.15, 0.2) is 36.5 Å². The van der Waals surface area contributed by atoms with E-state index in [1.807, 2.05) is 27.9 Å². The van der Waals surface area contributed by atoms with Gasteiger partial charge in [-0.3, -0.25) is 4.79 Å². The second-order valence-corrected chi connectivity index (χ2v) is 5.94. The van der Waals surface area contributed by atoms with Crippen LogP contribution in [-0.4, -0.2) is 31.1 Å². The Hall–Kier alpha value is -2.27. The number of nitrogens with one attached hydrogen (secondary N) is 1. The van der Waals surface area contributed by atoms with Gasteiger partial charge in [0.2, 0.25) is 0 Å². The largest absolute Gasteiger partial charge is 0.489 e. The SMILES string of the molecule is CC(C)Oc1ccc(NC(=O)c2cccnc2N(C)C)cc1Cl. The summed E-state index contributed by atoms with van der Waals surface area (Å²) in [6, 6.07) is 8.63. The molecule has 1 heterocycles. The summed E-state index contributed by atoms with van der Waals surface area (Å²) in [6.07, 6.45) is 1.69. The Morgan fingerprint density at radius 2 is 2.04 bits per heavy atom. The van der Waals surface area contributed by atoms with E-state index < -0.39 is 0 Å². The van der Waals surface area contributed by atoms with E-state index in [4.69, 9.17) is 16.3 Å². The molecule has 0 saturated carbocycles. The number of halogens is 1. The minimum atomic E-state index is -0.240. The molecular weight excluding hydrogens is 314 g/mol. The Morgan fingerprint density at radius 1 is 1.30 bits per heavy atom. The van der Waals surface area contributed by atoms with Gasteiger partial charge in [0.1, 0.15) is 11.6 Å². The van der Waals surface area contributed by atoms with E-state index in [-0.39, 0.29) is 12.0 Å². The predicted octanol–water partition coefficient (Wildman–Crippen LogP) is 3.84. The zero-order valence-electron chi connectivity index (χ0n) is 13.6. The van der Waals surface area contributed by atoms with E-state index in [9.17, 15) is 4.79 Å². The number of pyridine rings is 1. The molecule has 6 heteroatoms. The summed E-state index contributed by atoms with van der Waals surface area (Å²) in [5, 5.41) is 3.28. The van der Waals surface area contributed by atoms with Crippen molar-refractivity contribution in [3.05, 3.63) is 47.1 Å². The van der Waals surface area contributed by atoms with E-state index in [1.165, 1.54) is 0 Å². The molecule has 0 aliphatic heterocycles. The highest BCUT2D eigenvalue weighted by Gasteiger charge is 2.14. The van der Waals surface area contributed by atoms with Gasteiger partial charge in [0, 0.05) is 26.0 Å². The highest BCUT2D eigenvalue weighted by molar-refractivity contribution is 6.32. The lowest BCUT2D eigenvalue weighted by Crippen LogP contribution is -2.19. The van der Waals surface area contributed by atoms with E-state index in [2.05, 4.69) is 10.3 Å². The third kappa shape index (κ3) is 4.36. The van der Waals surface area contributed by atoms with Crippen LogP contribution in [0.3, 0.4) is 0 Å². The van der Waals surface area contributed by atoms with Crippen LogP contribution in [0.4, 0.5) is 11.5 Å². The number of hydrogen-bond acceptors (Lipinski definition) is 4. The van der Waals surface area contributed by atoms with Gasteiger partial charge in [-0.1, -0.05) is 11.6 Å². The van der Waals surface area contributed by atoms with Gasteiger partial charge in [-0.2, -0.15) is 0 Å². The highest BCUT2D eigenvalue weighted by atomic mass is 35.5. The molecule has 0 bridgehead atoms. The van der Waals surface area contributed by atoms with Crippen LogP contribution in [0.2, 0.25) is 5.02 Å². The summed E-state index contributed by atoms with van der Waals surface area (Å²) in [7, 11) is 3.68. The number of benzene rings is 1. The third-order valence-electron chi connectivity index (χ3n) is 3.01. The Morgan fingerprint density at radius 3 is 2.65 bits per heavy atom. The highest BCUT2D eigenvalue weighted by Crippen LogP contribution is 2.29. The lowest BCUT2D eigenvalue weighted by atomic mass is 10.2. The summed E-state index contributed by atoms with van der Waals surface area (Å²) in [4.78, 5) is 18.5. The molecule has 5 nitrogen and oxygen atoms in total. The monoisotopic (exact) mass is 333 g/mol. The van der Waals surface area contributed by atoms with Crippen molar-refractivity contribution in [3.8, 4) is 5.75 Å². The maximum atomic E-state index is 12.5. The second-order valence-electron chi connectivity index (χ2n) is 5.53. The van der Waals surface area contributed by atoms with Gasteiger partial charge >= 0.3 is 0 Å². The number of hydrogen-bond donors (Lipinski definition) is 1. The lowest BCUT2D eigenvalue weighted by molar-refractivity contribution is 0.102. The second kappa shape index (κ2) is 7.33. The summed E-state index contributed by atoms with van der Waals surface area (Å²) in [5.74, 6) is 0.960. The maximum absolute atomic E-state index is 12.5. The van der Waals surface area contributed by atoms with Crippen LogP contribution in [0.5, 0.6) is 5.75 Å². The molecule has 0 atom stereocenters. The van der Waals surface area contributed by atoms with E-state index in [0.29, 0.717) is 27.8 Å². The van der Waals surface area contributed by atoms with Gasteiger partial charge in [-0.25, -0.2) is 4.98 Å². The minimum Gasteiger partial charge on any atom is -0.489 e. The first-order valence-corrected chi connectivity index (χ1v) is 7.66. The minimum absolute atomic E-state index is 0.0333. The van der Waals surface area contributed by atoms with Crippen LogP contribution in [0.1, 0.15) is 24.2 Å². The number of nitrogens with zero attached hydrogens (tertiary/aromatic N) is 2. The zero-order valence-corrected chi connectivity index (χ0v) is 14.4. The van der Waals surface area contributed by atoms with Gasteiger partial charge in [0.25, 0.3) is 5.91 Å². The van der Waals surface area contributed by atoms with Gasteiger partial charge in [-0.05, 0) is 44.2 Å². The zero-order chi connectivity index (χ0) is 17.0. The first-order chi connectivity index (χ1) is 10.9. The van der Waals surface area contributed by atoms with Crippen molar-refractivity contribution in [1.82, 2.24) is 4.98 Å². The molecule has 122 valence electrons. The van der Waals surface area contributed by atoms with Gasteiger partial charge in [0.05, 0.1) is 16.7 Å². The van der Waals surface area contributed by atoms with Crippen LogP contribution in [0.25, 0.3) is 0 Å². The Labute approximate surface area is 141 Å². The van der Waals surface area contributed by atoms with Crippen molar-refractivity contribution in [3.63, 3.8) is 0 Å². The van der Waals surface area contributed by atoms with Crippen LogP contribution in [0, 0.1) is 0 Å². The molecule has 1 N–H and O–H groups in total. The first-order valence-electron chi connectivity index (χ1n) is 7.28. The number of anilines is 2. The smallest absolute Gasteiger partial charge is 0.259 e. The Kier molecular flexibility index (Phi) is 5.45. The molecule has 2 aromatic rings. The topological polar surface area (TPSA) is 54.5 Å². The number of carbonyl (C=O) groups is 1. The molecule has 1 amide bonds. The van der Waals surface area contributed by atoms with E-state index >= 15 is 0 Å². The van der Waals surface area contributed by atoms with Crippen molar-refractivity contribution in [1.29, 1.82) is 0 Å². The Balaban J connectivity index is 2.19. The van der Waals surface area contributed by atoms with E-state index in [1.54, 1.807) is 41.4 Å². The third-order valence-corrected chi connectivity index (χ3v) is 3.30. The van der Waals surface area contributed by atoms with E-state index in [0.717, 1.165) is 0 Å². The summed E-state index contributed by atoms with van der Waals surface area (Å²) in [6.45, 7) is 3.86. The van der Waals surface area contributed by atoms with Crippen molar-refractivity contribution in [2.45, 2.75) is 20.0 Å². The molecule has 0 aliphatic rings. The number of amides is 1. The Bertz CT molecular complexity index is 702. The van der Waals surface area contributed by atoms with Crippen molar-refractivity contribution in [2.75, 3.05) is 24.3 Å². The fourth-order valence-corrected chi connectivity index (χ4v) is 2.28. The molecule has 0 unspecified atom stereocenters. The van der Waals surface area contributed by atoms with Gasteiger partial charge < -0.3 is 15.0 Å². The van der Waals surface area contributed by atoms with Crippen LogP contribution < -0.4 is 15.0 Å². The molecule has 0 fully saturated rings. The molecule has 0 aliphatic carbocycles. The average Bonchev–Trinajstić information content (AvgIpc) is 2.49.